The Kier molecular flexibility index (Phi) is 16.1. The summed E-state index contributed by atoms with van der Waals surface area (Å²) in [6.07, 6.45) is 0. The molecular formula is C48H48N2O7S2. The minimum atomic E-state index is -1.08. The average Bonchev–Trinajstić information content (AvgIpc) is 3.28. The van der Waals surface area contributed by atoms with E-state index < -0.39 is 33.5 Å². The van der Waals surface area contributed by atoms with Gasteiger partial charge in [0.1, 0.15) is 12.1 Å². The lowest BCUT2D eigenvalue weighted by Gasteiger charge is -2.36. The zero-order valence-electron chi connectivity index (χ0n) is 32.6. The Morgan fingerprint density at radius 3 is 1.08 bits per heavy atom. The van der Waals surface area contributed by atoms with Crippen LogP contribution in [0.1, 0.15) is 51.4 Å². The van der Waals surface area contributed by atoms with Crippen molar-refractivity contribution in [3.63, 3.8) is 0 Å². The molecule has 0 spiro atoms. The molecule has 0 aliphatic rings. The van der Waals surface area contributed by atoms with Gasteiger partial charge in [0.25, 0.3) is 0 Å². The number of carbonyl (C=O) groups is 3. The number of rotatable bonds is 17. The number of hydrogen-bond acceptors (Lipinski definition) is 8. The molecule has 0 radical (unpaired) electrons. The molecule has 304 valence electrons. The van der Waals surface area contributed by atoms with E-state index in [1.807, 2.05) is 170 Å². The second-order valence-corrected chi connectivity index (χ2v) is 16.2. The average molecular weight is 829 g/mol. The Bertz CT molecular complexity index is 2150. The number of carbonyl (C=O) groups excluding carboxylic acids is 1. The summed E-state index contributed by atoms with van der Waals surface area (Å²) in [5.74, 6) is -2.06. The molecule has 0 aliphatic heterocycles. The van der Waals surface area contributed by atoms with Crippen LogP contribution in [0.4, 0.5) is 0 Å². The number of nitrogens with one attached hydrogen (secondary N) is 1. The van der Waals surface area contributed by atoms with Gasteiger partial charge in [0.05, 0.1) is 22.7 Å². The SMILES string of the molecule is CC(=O)N[C@@H](CSC(c1ccccc1)(c1ccccc1)c1ccc(CO)cc1)C(=O)O.N[C@@H](CSC(c1ccccc1)(c1ccccc1)c1ccc(CO)cc1)C(=O)O. The predicted octanol–water partition coefficient (Wildman–Crippen LogP) is 7.41. The smallest absolute Gasteiger partial charge is 0.327 e. The van der Waals surface area contributed by atoms with Crippen LogP contribution in [-0.4, -0.2) is 61.9 Å². The molecule has 7 N–H and O–H groups in total. The van der Waals surface area contributed by atoms with Crippen LogP contribution < -0.4 is 11.1 Å². The molecule has 6 rings (SSSR count). The summed E-state index contributed by atoms with van der Waals surface area (Å²) in [6, 6.07) is 53.3. The number of aliphatic hydroxyl groups excluding tert-OH is 2. The molecule has 0 heterocycles. The van der Waals surface area contributed by atoms with Gasteiger partial charge in [-0.1, -0.05) is 170 Å². The van der Waals surface area contributed by atoms with E-state index in [4.69, 9.17) is 5.73 Å². The standard InChI is InChI=1S/C25H25NO4S.C23H23NO3S/c1-18(28)26-23(24(29)30)17-31-25(20-8-4-2-5-9-20,21-10-6-3-7-11-21)22-14-12-19(16-27)13-15-22;24-21(22(26)27)16-28-23(18-7-3-1-4-8-18,19-9-5-2-6-10-19)20-13-11-17(15-25)12-14-20/h2-15,23,27H,16-17H2,1H3,(H,26,28)(H,29,30);1-14,21,25H,15-16,24H2,(H,26,27)/t23-;21-/m00/s1. The second-order valence-electron chi connectivity index (χ2n) is 13.7. The van der Waals surface area contributed by atoms with Crippen LogP contribution in [0.5, 0.6) is 0 Å². The highest BCUT2D eigenvalue weighted by atomic mass is 32.2. The number of aliphatic carboxylic acids is 2. The first-order valence-corrected chi connectivity index (χ1v) is 20.9. The van der Waals surface area contributed by atoms with E-state index >= 15 is 0 Å². The van der Waals surface area contributed by atoms with Gasteiger partial charge in [-0.05, 0) is 44.5 Å². The van der Waals surface area contributed by atoms with Crippen LogP contribution in [0.2, 0.25) is 0 Å². The van der Waals surface area contributed by atoms with Gasteiger partial charge in [-0.15, -0.1) is 23.5 Å². The van der Waals surface area contributed by atoms with Crippen molar-refractivity contribution in [2.75, 3.05) is 11.5 Å². The van der Waals surface area contributed by atoms with Gasteiger partial charge >= 0.3 is 11.9 Å². The molecule has 6 aromatic rings. The van der Waals surface area contributed by atoms with Crippen molar-refractivity contribution in [1.82, 2.24) is 5.32 Å². The molecule has 0 saturated carbocycles. The fourth-order valence-corrected chi connectivity index (χ4v) is 9.83. The topological polar surface area (TPSA) is 170 Å². The quantitative estimate of drug-likeness (QED) is 0.0509. The van der Waals surface area contributed by atoms with Gasteiger partial charge < -0.3 is 31.5 Å². The van der Waals surface area contributed by atoms with E-state index in [1.165, 1.54) is 30.4 Å². The largest absolute Gasteiger partial charge is 0.480 e. The summed E-state index contributed by atoms with van der Waals surface area (Å²) in [4.78, 5) is 34.7. The van der Waals surface area contributed by atoms with Crippen LogP contribution in [0.25, 0.3) is 0 Å². The van der Waals surface area contributed by atoms with Crippen LogP contribution in [0.3, 0.4) is 0 Å². The highest BCUT2D eigenvalue weighted by Gasteiger charge is 2.39. The third-order valence-corrected chi connectivity index (χ3v) is 13.1. The van der Waals surface area contributed by atoms with Crippen molar-refractivity contribution >= 4 is 41.4 Å². The van der Waals surface area contributed by atoms with E-state index in [1.54, 1.807) is 0 Å². The number of hydrogen-bond donors (Lipinski definition) is 6. The maximum Gasteiger partial charge on any atom is 0.327 e. The van der Waals surface area contributed by atoms with Crippen molar-refractivity contribution in [3.8, 4) is 0 Å². The van der Waals surface area contributed by atoms with Crippen LogP contribution >= 0.6 is 23.5 Å². The van der Waals surface area contributed by atoms with Gasteiger partial charge in [-0.25, -0.2) is 4.79 Å². The molecule has 0 saturated heterocycles. The maximum absolute atomic E-state index is 11.8. The van der Waals surface area contributed by atoms with Gasteiger partial charge in [0.15, 0.2) is 0 Å². The normalized spacial score (nSPS) is 12.3. The molecule has 0 aromatic heterocycles. The molecular weight excluding hydrogens is 781 g/mol. The Labute approximate surface area is 353 Å². The van der Waals surface area contributed by atoms with Crippen LogP contribution in [-0.2, 0) is 37.1 Å². The summed E-state index contributed by atoms with van der Waals surface area (Å²) < 4.78 is -1.33. The molecule has 0 aliphatic carbocycles. The summed E-state index contributed by atoms with van der Waals surface area (Å²) in [6.45, 7) is 1.23. The summed E-state index contributed by atoms with van der Waals surface area (Å²) in [5.41, 5.74) is 13.5. The Balaban J connectivity index is 0.000000225. The van der Waals surface area contributed by atoms with Gasteiger partial charge in [-0.2, -0.15) is 0 Å². The molecule has 0 unspecified atom stereocenters. The van der Waals surface area contributed by atoms with E-state index in [0.29, 0.717) is 0 Å². The van der Waals surface area contributed by atoms with Crippen molar-refractivity contribution < 1.29 is 34.8 Å². The van der Waals surface area contributed by atoms with Gasteiger partial charge in [0.2, 0.25) is 5.91 Å². The number of benzene rings is 6. The lowest BCUT2D eigenvalue weighted by atomic mass is 9.83. The highest BCUT2D eigenvalue weighted by Crippen LogP contribution is 2.50. The number of amides is 1. The van der Waals surface area contributed by atoms with E-state index in [-0.39, 0.29) is 30.6 Å². The third kappa shape index (κ3) is 10.9. The zero-order chi connectivity index (χ0) is 42.3. The fraction of sp³-hybridized carbons (Fsp3) is 0.188. The molecule has 11 heteroatoms. The molecule has 0 fully saturated rings. The molecule has 6 aromatic carbocycles. The Morgan fingerprint density at radius 2 is 0.814 bits per heavy atom. The summed E-state index contributed by atoms with van der Waals surface area (Å²) >= 11 is 2.97. The maximum atomic E-state index is 11.8. The molecule has 59 heavy (non-hydrogen) atoms. The first-order chi connectivity index (χ1) is 28.5. The number of aliphatic hydroxyl groups is 2. The first-order valence-electron chi connectivity index (χ1n) is 18.9. The van der Waals surface area contributed by atoms with Gasteiger partial charge in [0, 0.05) is 18.4 Å². The van der Waals surface area contributed by atoms with Gasteiger partial charge in [-0.3, -0.25) is 9.59 Å². The van der Waals surface area contributed by atoms with Crippen molar-refractivity contribution in [1.29, 1.82) is 0 Å². The van der Waals surface area contributed by atoms with E-state index in [0.717, 1.165) is 44.5 Å². The van der Waals surface area contributed by atoms with Crippen LogP contribution in [0, 0.1) is 0 Å². The molecule has 2 atom stereocenters. The zero-order valence-corrected chi connectivity index (χ0v) is 34.2. The number of thioether (sulfide) groups is 2. The number of nitrogens with two attached hydrogens (primary N) is 1. The van der Waals surface area contributed by atoms with E-state index in [2.05, 4.69) is 5.32 Å². The first kappa shape index (κ1) is 44.4. The molecule has 1 amide bonds. The van der Waals surface area contributed by atoms with Crippen molar-refractivity contribution in [2.24, 2.45) is 5.73 Å². The van der Waals surface area contributed by atoms with Crippen molar-refractivity contribution in [3.05, 3.63) is 214 Å². The summed E-state index contributed by atoms with van der Waals surface area (Å²) in [5, 5.41) is 40.4. The second kappa shape index (κ2) is 21.4. The number of carboxylic acids is 2. The highest BCUT2D eigenvalue weighted by molar-refractivity contribution is 8.01. The fourth-order valence-electron chi connectivity index (χ4n) is 6.80. The molecule has 0 bridgehead atoms. The molecule has 9 nitrogen and oxygen atoms in total. The summed E-state index contributed by atoms with van der Waals surface area (Å²) in [7, 11) is 0. The monoisotopic (exact) mass is 828 g/mol. The Morgan fingerprint density at radius 1 is 0.508 bits per heavy atom. The lowest BCUT2D eigenvalue weighted by Crippen LogP contribution is -2.42. The number of carboxylic acid groups (broad SMARTS) is 2. The minimum absolute atomic E-state index is 0.0268. The minimum Gasteiger partial charge on any atom is -0.480 e. The van der Waals surface area contributed by atoms with E-state index in [9.17, 15) is 34.8 Å². The van der Waals surface area contributed by atoms with Crippen molar-refractivity contribution in [2.45, 2.75) is 41.7 Å². The predicted molar refractivity (Wildman–Crippen MR) is 236 cm³/mol. The third-order valence-electron chi connectivity index (χ3n) is 9.75. The van der Waals surface area contributed by atoms with Crippen LogP contribution in [0.15, 0.2) is 170 Å². The Hall–Kier alpha value is -5.69. The lowest BCUT2D eigenvalue weighted by molar-refractivity contribution is -0.140.